The van der Waals surface area contributed by atoms with Crippen molar-refractivity contribution in [1.82, 2.24) is 10.2 Å². The second-order valence-electron chi connectivity index (χ2n) is 3.03. The van der Waals surface area contributed by atoms with Crippen molar-refractivity contribution in [2.45, 2.75) is 6.92 Å². The summed E-state index contributed by atoms with van der Waals surface area (Å²) in [6.45, 7) is 4.00. The fourth-order valence-electron chi connectivity index (χ4n) is 1.18. The lowest BCUT2D eigenvalue weighted by atomic mass is 10.3. The number of amides is 1. The SMILES string of the molecule is CC(=O)/C=C/CN1CCNCC1=O. The van der Waals surface area contributed by atoms with Gasteiger partial charge in [0, 0.05) is 19.6 Å². The molecule has 0 bridgehead atoms. The second kappa shape index (κ2) is 4.77. The quantitative estimate of drug-likeness (QED) is 0.602. The number of allylic oxidation sites excluding steroid dienone is 1. The third-order valence-electron chi connectivity index (χ3n) is 1.87. The number of nitrogens with zero attached hydrogens (tertiary/aromatic N) is 1. The van der Waals surface area contributed by atoms with E-state index in [4.69, 9.17) is 0 Å². The molecule has 4 heteroatoms. The lowest BCUT2D eigenvalue weighted by Gasteiger charge is -2.25. The van der Waals surface area contributed by atoms with Crippen molar-refractivity contribution in [3.05, 3.63) is 12.2 Å². The Hall–Kier alpha value is -1.16. The highest BCUT2D eigenvalue weighted by Crippen LogP contribution is 1.94. The van der Waals surface area contributed by atoms with E-state index in [1.54, 1.807) is 11.0 Å². The van der Waals surface area contributed by atoms with Crippen LogP contribution in [0.3, 0.4) is 0 Å². The molecule has 1 N–H and O–H groups in total. The highest BCUT2D eigenvalue weighted by molar-refractivity contribution is 5.87. The average Bonchev–Trinajstić information content (AvgIpc) is 2.08. The summed E-state index contributed by atoms with van der Waals surface area (Å²) in [6.07, 6.45) is 3.22. The summed E-state index contributed by atoms with van der Waals surface area (Å²) in [5.74, 6) is 0.113. The minimum absolute atomic E-state index is 0.0163. The number of hydrogen-bond donors (Lipinski definition) is 1. The van der Waals surface area contributed by atoms with E-state index >= 15 is 0 Å². The van der Waals surface area contributed by atoms with Gasteiger partial charge in [-0.1, -0.05) is 6.08 Å². The predicted octanol–water partition coefficient (Wildman–Crippen LogP) is -0.437. The smallest absolute Gasteiger partial charge is 0.236 e. The lowest BCUT2D eigenvalue weighted by Crippen LogP contribution is -2.47. The Labute approximate surface area is 77.6 Å². The maximum Gasteiger partial charge on any atom is 0.236 e. The minimum atomic E-state index is 0.0163. The molecule has 0 atom stereocenters. The number of rotatable bonds is 3. The van der Waals surface area contributed by atoms with Crippen molar-refractivity contribution < 1.29 is 9.59 Å². The summed E-state index contributed by atoms with van der Waals surface area (Å²) in [5, 5.41) is 2.98. The maximum absolute atomic E-state index is 11.2. The van der Waals surface area contributed by atoms with E-state index in [-0.39, 0.29) is 11.7 Å². The fraction of sp³-hybridized carbons (Fsp3) is 0.556. The molecule has 0 unspecified atom stereocenters. The number of carbonyl (C=O) groups excluding carboxylic acids is 2. The Kier molecular flexibility index (Phi) is 3.64. The predicted molar refractivity (Wildman–Crippen MR) is 49.3 cm³/mol. The molecule has 0 saturated carbocycles. The van der Waals surface area contributed by atoms with Gasteiger partial charge in [0.05, 0.1) is 6.54 Å². The van der Waals surface area contributed by atoms with Gasteiger partial charge in [-0.05, 0) is 13.0 Å². The van der Waals surface area contributed by atoms with E-state index in [9.17, 15) is 9.59 Å². The molecule has 0 radical (unpaired) electrons. The van der Waals surface area contributed by atoms with Gasteiger partial charge in [-0.2, -0.15) is 0 Å². The average molecular weight is 182 g/mol. The van der Waals surface area contributed by atoms with Gasteiger partial charge >= 0.3 is 0 Å². The van der Waals surface area contributed by atoms with E-state index in [1.807, 2.05) is 0 Å². The first kappa shape index (κ1) is 9.92. The Morgan fingerprint density at radius 3 is 3.08 bits per heavy atom. The number of ketones is 1. The van der Waals surface area contributed by atoms with Crippen LogP contribution < -0.4 is 5.32 Å². The molecule has 1 aliphatic heterocycles. The van der Waals surface area contributed by atoms with Crippen LogP contribution in [0.25, 0.3) is 0 Å². The minimum Gasteiger partial charge on any atom is -0.337 e. The molecule has 1 fully saturated rings. The highest BCUT2D eigenvalue weighted by Gasteiger charge is 2.15. The van der Waals surface area contributed by atoms with Crippen LogP contribution in [-0.4, -0.2) is 42.8 Å². The molecule has 4 nitrogen and oxygen atoms in total. The zero-order valence-corrected chi connectivity index (χ0v) is 7.75. The van der Waals surface area contributed by atoms with Crippen LogP contribution in [-0.2, 0) is 9.59 Å². The Morgan fingerprint density at radius 2 is 2.46 bits per heavy atom. The normalized spacial score (nSPS) is 18.2. The second-order valence-corrected chi connectivity index (χ2v) is 3.03. The molecular formula is C9H14N2O2. The molecule has 1 aliphatic rings. The summed E-state index contributed by atoms with van der Waals surface area (Å²) in [7, 11) is 0. The van der Waals surface area contributed by atoms with Crippen LogP contribution >= 0.6 is 0 Å². The van der Waals surface area contributed by atoms with Gasteiger partial charge in [0.2, 0.25) is 5.91 Å². The van der Waals surface area contributed by atoms with Crippen LogP contribution in [0.5, 0.6) is 0 Å². The van der Waals surface area contributed by atoms with Gasteiger partial charge in [-0.15, -0.1) is 0 Å². The first-order valence-electron chi connectivity index (χ1n) is 4.36. The molecule has 0 aromatic rings. The van der Waals surface area contributed by atoms with Crippen molar-refractivity contribution in [2.24, 2.45) is 0 Å². The lowest BCUT2D eigenvalue weighted by molar-refractivity contribution is -0.131. The van der Waals surface area contributed by atoms with Crippen molar-refractivity contribution >= 4 is 11.7 Å². The summed E-state index contributed by atoms with van der Waals surface area (Å²) >= 11 is 0. The van der Waals surface area contributed by atoms with Crippen LogP contribution in [0, 0.1) is 0 Å². The molecular weight excluding hydrogens is 168 g/mol. The molecule has 1 amide bonds. The summed E-state index contributed by atoms with van der Waals surface area (Å²) in [5.41, 5.74) is 0. The number of nitrogens with one attached hydrogen (secondary N) is 1. The monoisotopic (exact) mass is 182 g/mol. The topological polar surface area (TPSA) is 49.4 Å². The third-order valence-corrected chi connectivity index (χ3v) is 1.87. The van der Waals surface area contributed by atoms with E-state index in [0.29, 0.717) is 13.1 Å². The van der Waals surface area contributed by atoms with E-state index in [2.05, 4.69) is 5.32 Å². The maximum atomic E-state index is 11.2. The zero-order valence-electron chi connectivity index (χ0n) is 7.75. The van der Waals surface area contributed by atoms with Crippen molar-refractivity contribution in [2.75, 3.05) is 26.2 Å². The Bertz CT molecular complexity index is 236. The standard InChI is InChI=1S/C9H14N2O2/c1-8(12)3-2-5-11-6-4-10-7-9(11)13/h2-3,10H,4-7H2,1H3/b3-2+. The molecule has 0 spiro atoms. The first-order valence-corrected chi connectivity index (χ1v) is 4.36. The van der Waals surface area contributed by atoms with E-state index in [1.165, 1.54) is 13.0 Å². The summed E-state index contributed by atoms with van der Waals surface area (Å²) < 4.78 is 0. The fourth-order valence-corrected chi connectivity index (χ4v) is 1.18. The van der Waals surface area contributed by atoms with E-state index < -0.39 is 0 Å². The van der Waals surface area contributed by atoms with Gasteiger partial charge < -0.3 is 10.2 Å². The summed E-state index contributed by atoms with van der Waals surface area (Å²) in [4.78, 5) is 23.5. The number of piperazine rings is 1. The van der Waals surface area contributed by atoms with Crippen LogP contribution in [0.15, 0.2) is 12.2 Å². The van der Waals surface area contributed by atoms with E-state index in [0.717, 1.165) is 13.1 Å². The van der Waals surface area contributed by atoms with Crippen molar-refractivity contribution in [3.8, 4) is 0 Å². The molecule has 13 heavy (non-hydrogen) atoms. The van der Waals surface area contributed by atoms with Crippen LogP contribution in [0.2, 0.25) is 0 Å². The first-order chi connectivity index (χ1) is 6.20. The zero-order chi connectivity index (χ0) is 9.68. The van der Waals surface area contributed by atoms with Crippen molar-refractivity contribution in [3.63, 3.8) is 0 Å². The molecule has 0 aliphatic carbocycles. The molecule has 0 aromatic heterocycles. The van der Waals surface area contributed by atoms with Crippen LogP contribution in [0.4, 0.5) is 0 Å². The number of carbonyl (C=O) groups is 2. The van der Waals surface area contributed by atoms with Gasteiger partial charge in [-0.25, -0.2) is 0 Å². The Balaban J connectivity index is 2.34. The molecule has 72 valence electrons. The van der Waals surface area contributed by atoms with Gasteiger partial charge in [-0.3, -0.25) is 9.59 Å². The van der Waals surface area contributed by atoms with Crippen molar-refractivity contribution in [1.29, 1.82) is 0 Å². The third kappa shape index (κ3) is 3.38. The van der Waals surface area contributed by atoms with Gasteiger partial charge in [0.1, 0.15) is 0 Å². The largest absolute Gasteiger partial charge is 0.337 e. The molecule has 1 saturated heterocycles. The Morgan fingerprint density at radius 1 is 1.69 bits per heavy atom. The number of hydrogen-bond acceptors (Lipinski definition) is 3. The highest BCUT2D eigenvalue weighted by atomic mass is 16.2. The molecule has 1 rings (SSSR count). The van der Waals surface area contributed by atoms with Crippen LogP contribution in [0.1, 0.15) is 6.92 Å². The summed E-state index contributed by atoms with van der Waals surface area (Å²) in [6, 6.07) is 0. The van der Waals surface area contributed by atoms with Gasteiger partial charge in [0.15, 0.2) is 5.78 Å². The molecule has 1 heterocycles. The van der Waals surface area contributed by atoms with Gasteiger partial charge in [0.25, 0.3) is 0 Å². The molecule has 0 aromatic carbocycles.